The number of rotatable bonds is 2. The smallest absolute Gasteiger partial charge is 0.298 e. The fraction of sp³-hybridized carbons (Fsp3) is 0.348. The van der Waals surface area contributed by atoms with Crippen molar-refractivity contribution < 1.29 is 9.15 Å². The summed E-state index contributed by atoms with van der Waals surface area (Å²) in [5.41, 5.74) is 7.08. The lowest BCUT2D eigenvalue weighted by Crippen LogP contribution is -2.36. The molecule has 4 heterocycles. The molecule has 1 saturated heterocycles. The number of fused-ring (bicyclic) bond motifs is 4. The average Bonchev–Trinajstić information content (AvgIpc) is 3.33. The Labute approximate surface area is 169 Å². The molecule has 29 heavy (non-hydrogen) atoms. The van der Waals surface area contributed by atoms with Crippen molar-refractivity contribution in [1.29, 1.82) is 0 Å². The summed E-state index contributed by atoms with van der Waals surface area (Å²) in [4.78, 5) is 9.45. The van der Waals surface area contributed by atoms with Crippen LogP contribution in [0.25, 0.3) is 22.0 Å². The maximum absolute atomic E-state index is 6.14. The summed E-state index contributed by atoms with van der Waals surface area (Å²) in [6.07, 6.45) is 1.01. The first-order valence-electron chi connectivity index (χ1n) is 10.3. The van der Waals surface area contributed by atoms with E-state index in [2.05, 4.69) is 57.8 Å². The number of para-hydroxylation sites is 1. The van der Waals surface area contributed by atoms with Crippen molar-refractivity contribution in [3.8, 4) is 0 Å². The van der Waals surface area contributed by atoms with E-state index in [9.17, 15) is 0 Å². The molecule has 2 aliphatic rings. The fourth-order valence-electron chi connectivity index (χ4n) is 4.73. The molecular weight excluding hydrogens is 364 g/mol. The number of anilines is 2. The number of oxazole rings is 1. The van der Waals surface area contributed by atoms with Gasteiger partial charge < -0.3 is 23.5 Å². The third kappa shape index (κ3) is 2.70. The Morgan fingerprint density at radius 3 is 2.72 bits per heavy atom. The molecule has 0 aliphatic carbocycles. The number of hydrogen-bond donors (Lipinski definition) is 0. The van der Waals surface area contributed by atoms with E-state index in [4.69, 9.17) is 14.1 Å². The van der Waals surface area contributed by atoms with E-state index in [-0.39, 0.29) is 0 Å². The summed E-state index contributed by atoms with van der Waals surface area (Å²) in [5.74, 6) is 0. The molecule has 6 rings (SSSR count). The highest BCUT2D eigenvalue weighted by Crippen LogP contribution is 2.33. The van der Waals surface area contributed by atoms with Gasteiger partial charge in [0, 0.05) is 49.0 Å². The minimum atomic E-state index is 0.718. The molecule has 0 unspecified atom stereocenters. The first kappa shape index (κ1) is 16.9. The summed E-state index contributed by atoms with van der Waals surface area (Å²) in [6, 6.07) is 15.7. The maximum atomic E-state index is 6.14. The molecule has 0 spiro atoms. The average molecular weight is 388 g/mol. The number of aryl methyl sites for hydroxylation is 1. The Bertz CT molecular complexity index is 1200. The molecule has 0 atom stereocenters. The van der Waals surface area contributed by atoms with Gasteiger partial charge in [0.15, 0.2) is 5.58 Å². The van der Waals surface area contributed by atoms with Crippen LogP contribution in [-0.4, -0.2) is 42.4 Å². The number of nitrogens with zero attached hydrogens (tertiary/aromatic N) is 4. The molecule has 6 heteroatoms. The second-order valence-electron chi connectivity index (χ2n) is 7.92. The van der Waals surface area contributed by atoms with Crippen LogP contribution in [0, 0.1) is 0 Å². The van der Waals surface area contributed by atoms with Gasteiger partial charge in [-0.1, -0.05) is 18.2 Å². The Hall–Kier alpha value is -2.99. The van der Waals surface area contributed by atoms with Gasteiger partial charge in [0.1, 0.15) is 5.52 Å². The van der Waals surface area contributed by atoms with Crippen LogP contribution in [0.5, 0.6) is 0 Å². The Morgan fingerprint density at radius 2 is 1.83 bits per heavy atom. The third-order valence-electron chi connectivity index (χ3n) is 6.32. The second kappa shape index (κ2) is 6.52. The molecule has 4 aromatic rings. The van der Waals surface area contributed by atoms with E-state index >= 15 is 0 Å². The Morgan fingerprint density at radius 1 is 0.966 bits per heavy atom. The molecule has 0 saturated carbocycles. The third-order valence-corrected chi connectivity index (χ3v) is 6.32. The van der Waals surface area contributed by atoms with Crippen molar-refractivity contribution in [2.45, 2.75) is 13.0 Å². The predicted molar refractivity (Wildman–Crippen MR) is 115 cm³/mol. The van der Waals surface area contributed by atoms with E-state index in [1.54, 1.807) is 0 Å². The molecule has 0 amide bonds. The quantitative estimate of drug-likeness (QED) is 0.524. The zero-order chi connectivity index (χ0) is 19.4. The van der Waals surface area contributed by atoms with Crippen LogP contribution < -0.4 is 9.80 Å². The van der Waals surface area contributed by atoms with Gasteiger partial charge >= 0.3 is 0 Å². The molecule has 6 nitrogen and oxygen atoms in total. The predicted octanol–water partition coefficient (Wildman–Crippen LogP) is 3.72. The minimum absolute atomic E-state index is 0.718. The molecule has 2 aromatic carbocycles. The highest BCUT2D eigenvalue weighted by Gasteiger charge is 2.25. The van der Waals surface area contributed by atoms with Gasteiger partial charge in [0.25, 0.3) is 6.01 Å². The topological polar surface area (TPSA) is 46.7 Å². The standard InChI is InChI=1S/C23H24N4O2/c1-25-20-5-3-2-4-17(20)18-8-9-27(15-21(18)25)23-24-19-14-16(6-7-22(19)29-23)26-10-12-28-13-11-26/h2-7,14H,8-13,15H2,1H3. The van der Waals surface area contributed by atoms with Crippen molar-refractivity contribution in [2.75, 3.05) is 42.6 Å². The van der Waals surface area contributed by atoms with Crippen molar-refractivity contribution in [3.05, 3.63) is 53.7 Å². The second-order valence-corrected chi connectivity index (χ2v) is 7.92. The zero-order valence-corrected chi connectivity index (χ0v) is 16.6. The monoisotopic (exact) mass is 388 g/mol. The largest absolute Gasteiger partial charge is 0.423 e. The minimum Gasteiger partial charge on any atom is -0.423 e. The van der Waals surface area contributed by atoms with Crippen LogP contribution in [0.15, 0.2) is 46.9 Å². The molecular formula is C23H24N4O2. The molecule has 148 valence electrons. The molecule has 1 fully saturated rings. The number of morpholine rings is 1. The lowest BCUT2D eigenvalue weighted by molar-refractivity contribution is 0.122. The van der Waals surface area contributed by atoms with Crippen molar-refractivity contribution >= 4 is 33.7 Å². The summed E-state index contributed by atoms with van der Waals surface area (Å²) in [7, 11) is 2.16. The van der Waals surface area contributed by atoms with Gasteiger partial charge in [-0.05, 0) is 36.2 Å². The van der Waals surface area contributed by atoms with Gasteiger partial charge in [-0.3, -0.25) is 0 Å². The van der Waals surface area contributed by atoms with Gasteiger partial charge in [0.05, 0.1) is 19.8 Å². The first-order chi connectivity index (χ1) is 14.3. The highest BCUT2D eigenvalue weighted by molar-refractivity contribution is 5.86. The summed E-state index contributed by atoms with van der Waals surface area (Å²) in [6.45, 7) is 5.15. The van der Waals surface area contributed by atoms with Crippen LogP contribution in [0.4, 0.5) is 11.7 Å². The molecule has 0 radical (unpaired) electrons. The summed E-state index contributed by atoms with van der Waals surface area (Å²) < 4.78 is 13.9. The van der Waals surface area contributed by atoms with E-state index in [1.807, 2.05) is 6.07 Å². The number of aromatic nitrogens is 2. The van der Waals surface area contributed by atoms with Crippen LogP contribution in [-0.2, 0) is 24.8 Å². The highest BCUT2D eigenvalue weighted by atomic mass is 16.5. The number of hydrogen-bond acceptors (Lipinski definition) is 5. The van der Waals surface area contributed by atoms with Crippen LogP contribution in [0.1, 0.15) is 11.3 Å². The molecule has 0 bridgehead atoms. The van der Waals surface area contributed by atoms with E-state index in [0.717, 1.165) is 62.9 Å². The molecule has 2 aliphatic heterocycles. The van der Waals surface area contributed by atoms with Crippen molar-refractivity contribution in [2.24, 2.45) is 7.05 Å². The summed E-state index contributed by atoms with van der Waals surface area (Å²) >= 11 is 0. The normalized spacial score (nSPS) is 17.3. The first-order valence-corrected chi connectivity index (χ1v) is 10.3. The van der Waals surface area contributed by atoms with Gasteiger partial charge in [-0.25, -0.2) is 0 Å². The van der Waals surface area contributed by atoms with Crippen molar-refractivity contribution in [1.82, 2.24) is 9.55 Å². The Kier molecular flexibility index (Phi) is 3.81. The Balaban J connectivity index is 1.33. The van der Waals surface area contributed by atoms with Gasteiger partial charge in [-0.2, -0.15) is 4.98 Å². The van der Waals surface area contributed by atoms with E-state index in [0.29, 0.717) is 0 Å². The summed E-state index contributed by atoms with van der Waals surface area (Å²) in [5, 5.41) is 1.37. The number of benzene rings is 2. The van der Waals surface area contributed by atoms with Crippen LogP contribution in [0.2, 0.25) is 0 Å². The van der Waals surface area contributed by atoms with Gasteiger partial charge in [0.2, 0.25) is 0 Å². The fourth-order valence-corrected chi connectivity index (χ4v) is 4.73. The molecule has 2 aromatic heterocycles. The van der Waals surface area contributed by atoms with Crippen LogP contribution in [0.3, 0.4) is 0 Å². The van der Waals surface area contributed by atoms with Crippen LogP contribution >= 0.6 is 0 Å². The SMILES string of the molecule is Cn1c2c(c3ccccc31)CCN(c1nc3cc(N4CCOCC4)ccc3o1)C2. The zero-order valence-electron chi connectivity index (χ0n) is 16.6. The lowest BCUT2D eigenvalue weighted by atomic mass is 10.0. The maximum Gasteiger partial charge on any atom is 0.298 e. The lowest BCUT2D eigenvalue weighted by Gasteiger charge is -2.28. The van der Waals surface area contributed by atoms with Gasteiger partial charge in [-0.15, -0.1) is 0 Å². The van der Waals surface area contributed by atoms with E-state index < -0.39 is 0 Å². The number of ether oxygens (including phenoxy) is 1. The van der Waals surface area contributed by atoms with E-state index in [1.165, 1.54) is 27.8 Å². The molecule has 0 N–H and O–H groups in total. The van der Waals surface area contributed by atoms with Crippen molar-refractivity contribution in [3.63, 3.8) is 0 Å².